The van der Waals surface area contributed by atoms with Crippen molar-refractivity contribution >= 4 is 11.6 Å². The third kappa shape index (κ3) is 4.74. The maximum absolute atomic E-state index is 12.3. The Hall–Kier alpha value is -3.47. The van der Waals surface area contributed by atoms with E-state index in [4.69, 9.17) is 14.2 Å². The molecule has 1 amide bonds. The Morgan fingerprint density at radius 2 is 1.80 bits per heavy atom. The Bertz CT molecular complexity index is 1060. The topological polar surface area (TPSA) is 56.8 Å². The fraction of sp³-hybridized carbons (Fsp3) is 0.240. The summed E-state index contributed by atoms with van der Waals surface area (Å²) in [5.41, 5.74) is 2.65. The predicted molar refractivity (Wildman–Crippen MR) is 117 cm³/mol. The monoisotopic (exact) mass is 403 g/mol. The van der Waals surface area contributed by atoms with Gasteiger partial charge in [0.2, 0.25) is 0 Å². The molecule has 0 aromatic heterocycles. The number of nitrogens with one attached hydrogen (secondary N) is 1. The van der Waals surface area contributed by atoms with Crippen molar-refractivity contribution in [1.82, 2.24) is 0 Å². The minimum Gasteiger partial charge on any atom is -0.483 e. The first kappa shape index (κ1) is 19.8. The van der Waals surface area contributed by atoms with Crippen molar-refractivity contribution < 1.29 is 19.0 Å². The second kappa shape index (κ2) is 8.11. The highest BCUT2D eigenvalue weighted by molar-refractivity contribution is 5.92. The first-order valence-corrected chi connectivity index (χ1v) is 9.96. The summed E-state index contributed by atoms with van der Waals surface area (Å²) >= 11 is 0. The van der Waals surface area contributed by atoms with Crippen LogP contribution < -0.4 is 19.5 Å². The van der Waals surface area contributed by atoms with Crippen LogP contribution in [0.3, 0.4) is 0 Å². The maximum Gasteiger partial charge on any atom is 0.262 e. The number of rotatable bonds is 6. The number of carbonyl (C=O) groups is 1. The lowest BCUT2D eigenvalue weighted by Crippen LogP contribution is -2.25. The molecule has 0 fully saturated rings. The van der Waals surface area contributed by atoms with Crippen LogP contribution in [-0.2, 0) is 11.2 Å². The van der Waals surface area contributed by atoms with E-state index in [2.05, 4.69) is 5.32 Å². The molecule has 3 aromatic rings. The number of hydrogen-bond acceptors (Lipinski definition) is 4. The van der Waals surface area contributed by atoms with Crippen molar-refractivity contribution in [2.24, 2.45) is 0 Å². The number of ether oxygens (including phenoxy) is 3. The van der Waals surface area contributed by atoms with E-state index in [0.717, 1.165) is 29.0 Å². The van der Waals surface area contributed by atoms with Crippen molar-refractivity contribution in [2.45, 2.75) is 32.8 Å². The van der Waals surface area contributed by atoms with Gasteiger partial charge in [-0.15, -0.1) is 0 Å². The lowest BCUT2D eigenvalue weighted by atomic mass is 10.0. The zero-order valence-corrected chi connectivity index (χ0v) is 17.4. The summed E-state index contributed by atoms with van der Waals surface area (Å²) in [4.78, 5) is 12.3. The van der Waals surface area contributed by atoms with Gasteiger partial charge in [0.15, 0.2) is 18.1 Å². The number of amides is 1. The number of aryl methyl sites for hydroxylation is 1. The van der Waals surface area contributed by atoms with E-state index < -0.39 is 0 Å². The van der Waals surface area contributed by atoms with Crippen LogP contribution in [0.1, 0.15) is 25.0 Å². The van der Waals surface area contributed by atoms with E-state index in [1.807, 2.05) is 75.4 Å². The van der Waals surface area contributed by atoms with Crippen LogP contribution in [0, 0.1) is 6.92 Å². The fourth-order valence-electron chi connectivity index (χ4n) is 3.46. The van der Waals surface area contributed by atoms with Crippen molar-refractivity contribution in [2.75, 3.05) is 11.9 Å². The van der Waals surface area contributed by atoms with E-state index >= 15 is 0 Å². The van der Waals surface area contributed by atoms with Crippen LogP contribution in [0.2, 0.25) is 0 Å². The molecule has 0 radical (unpaired) electrons. The third-order valence-electron chi connectivity index (χ3n) is 4.78. The molecule has 1 heterocycles. The molecule has 0 spiro atoms. The lowest BCUT2D eigenvalue weighted by molar-refractivity contribution is -0.118. The Morgan fingerprint density at radius 1 is 1.03 bits per heavy atom. The van der Waals surface area contributed by atoms with Crippen LogP contribution in [0.15, 0.2) is 66.7 Å². The first-order valence-electron chi connectivity index (χ1n) is 9.96. The summed E-state index contributed by atoms with van der Waals surface area (Å²) in [6.45, 7) is 6.00. The molecule has 0 atom stereocenters. The standard InChI is InChI=1S/C25H25NO4/c1-17-6-4-8-21(14-17)29-20-12-10-19(11-13-20)26-23(27)16-28-22-9-5-7-18-15-25(2,3)30-24(18)22/h4-14H,15-16H2,1-3H3,(H,26,27). The van der Waals surface area contributed by atoms with Gasteiger partial charge in [-0.1, -0.05) is 24.3 Å². The van der Waals surface area contributed by atoms with Crippen LogP contribution in [0.5, 0.6) is 23.0 Å². The molecule has 30 heavy (non-hydrogen) atoms. The number of hydrogen-bond donors (Lipinski definition) is 1. The van der Waals surface area contributed by atoms with E-state index in [1.54, 1.807) is 12.1 Å². The minimum absolute atomic E-state index is 0.0955. The molecule has 1 aliphatic rings. The lowest BCUT2D eigenvalue weighted by Gasteiger charge is -2.18. The van der Waals surface area contributed by atoms with Crippen molar-refractivity contribution in [3.05, 3.63) is 77.9 Å². The SMILES string of the molecule is Cc1cccc(Oc2ccc(NC(=O)COc3cccc4c3OC(C)(C)C4)cc2)c1. The molecule has 1 N–H and O–H groups in total. The fourth-order valence-corrected chi connectivity index (χ4v) is 3.46. The van der Waals surface area contributed by atoms with Crippen LogP contribution >= 0.6 is 0 Å². The van der Waals surface area contributed by atoms with Crippen molar-refractivity contribution in [1.29, 1.82) is 0 Å². The Labute approximate surface area is 176 Å². The summed E-state index contributed by atoms with van der Waals surface area (Å²) in [7, 11) is 0. The molecule has 0 saturated carbocycles. The van der Waals surface area contributed by atoms with Gasteiger partial charge < -0.3 is 19.5 Å². The maximum atomic E-state index is 12.3. The number of anilines is 1. The zero-order valence-electron chi connectivity index (χ0n) is 17.4. The first-order chi connectivity index (χ1) is 14.4. The molecule has 0 bridgehead atoms. The Balaban J connectivity index is 1.32. The molecule has 3 aromatic carbocycles. The molecule has 0 unspecified atom stereocenters. The van der Waals surface area contributed by atoms with E-state index in [0.29, 0.717) is 17.2 Å². The van der Waals surface area contributed by atoms with Gasteiger partial charge in [0.1, 0.15) is 17.1 Å². The average molecular weight is 403 g/mol. The van der Waals surface area contributed by atoms with E-state index in [-0.39, 0.29) is 18.1 Å². The molecule has 0 aliphatic carbocycles. The number of carbonyl (C=O) groups excluding carboxylic acids is 1. The second-order valence-corrected chi connectivity index (χ2v) is 8.06. The average Bonchev–Trinajstić information content (AvgIpc) is 3.02. The third-order valence-corrected chi connectivity index (χ3v) is 4.78. The molecular formula is C25H25NO4. The predicted octanol–water partition coefficient (Wildman–Crippen LogP) is 5.52. The van der Waals surface area contributed by atoms with E-state index in [9.17, 15) is 4.79 Å². The smallest absolute Gasteiger partial charge is 0.262 e. The number of benzene rings is 3. The molecule has 5 nitrogen and oxygen atoms in total. The number of para-hydroxylation sites is 1. The minimum atomic E-state index is -0.258. The van der Waals surface area contributed by atoms with E-state index in [1.165, 1.54) is 0 Å². The van der Waals surface area contributed by atoms with Crippen molar-refractivity contribution in [3.8, 4) is 23.0 Å². The number of fused-ring (bicyclic) bond motifs is 1. The van der Waals surface area contributed by atoms with Gasteiger partial charge in [-0.2, -0.15) is 0 Å². The molecule has 154 valence electrons. The van der Waals surface area contributed by atoms with Gasteiger partial charge in [-0.3, -0.25) is 4.79 Å². The Kier molecular flexibility index (Phi) is 5.36. The summed E-state index contributed by atoms with van der Waals surface area (Å²) in [6, 6.07) is 20.9. The molecule has 4 rings (SSSR count). The second-order valence-electron chi connectivity index (χ2n) is 8.06. The largest absolute Gasteiger partial charge is 0.483 e. The van der Waals surface area contributed by atoms with Gasteiger partial charge in [-0.25, -0.2) is 0 Å². The quantitative estimate of drug-likeness (QED) is 0.589. The highest BCUT2D eigenvalue weighted by atomic mass is 16.5. The van der Waals surface area contributed by atoms with Crippen LogP contribution in [0.4, 0.5) is 5.69 Å². The summed E-state index contributed by atoms with van der Waals surface area (Å²) in [5, 5.41) is 2.84. The van der Waals surface area contributed by atoms with Crippen LogP contribution in [-0.4, -0.2) is 18.1 Å². The highest BCUT2D eigenvalue weighted by Crippen LogP contribution is 2.41. The highest BCUT2D eigenvalue weighted by Gasteiger charge is 2.32. The summed E-state index contributed by atoms with van der Waals surface area (Å²) < 4.78 is 17.5. The molecular weight excluding hydrogens is 378 g/mol. The zero-order chi connectivity index (χ0) is 21.1. The molecule has 5 heteroatoms. The van der Waals surface area contributed by atoms with Gasteiger partial charge >= 0.3 is 0 Å². The molecule has 0 saturated heterocycles. The van der Waals surface area contributed by atoms with Crippen LogP contribution in [0.25, 0.3) is 0 Å². The normalized spacial score (nSPS) is 13.8. The molecule has 1 aliphatic heterocycles. The van der Waals surface area contributed by atoms with Gasteiger partial charge in [0.05, 0.1) is 0 Å². The van der Waals surface area contributed by atoms with Gasteiger partial charge in [0, 0.05) is 17.7 Å². The summed E-state index contributed by atoms with van der Waals surface area (Å²) in [6.07, 6.45) is 0.822. The van der Waals surface area contributed by atoms with Gasteiger partial charge in [-0.05, 0) is 68.8 Å². The van der Waals surface area contributed by atoms with Crippen molar-refractivity contribution in [3.63, 3.8) is 0 Å². The summed E-state index contributed by atoms with van der Waals surface area (Å²) in [5.74, 6) is 2.57. The Morgan fingerprint density at radius 3 is 2.57 bits per heavy atom. The van der Waals surface area contributed by atoms with Gasteiger partial charge in [0.25, 0.3) is 5.91 Å².